The normalized spacial score (nSPS) is 10.4. The standard InChI is InChI=1S/C23H18ClN3O3/c1-29-22-11-16(14-26-27-23(28)17-7-4-8-20(24)12-17)9-10-21(22)30-15-19-6-3-2-5-18(19)13-25/h2-12,14H,15H2,1H3,(H,27,28)/b26-14-. The van der Waals surface area contributed by atoms with Gasteiger partial charge < -0.3 is 9.47 Å². The van der Waals surface area contributed by atoms with E-state index in [4.69, 9.17) is 21.1 Å². The van der Waals surface area contributed by atoms with Gasteiger partial charge in [-0.15, -0.1) is 0 Å². The van der Waals surface area contributed by atoms with E-state index in [9.17, 15) is 10.1 Å². The Kier molecular flexibility index (Phi) is 7.04. The van der Waals surface area contributed by atoms with Crippen molar-refractivity contribution < 1.29 is 14.3 Å². The molecule has 0 bridgehead atoms. The minimum Gasteiger partial charge on any atom is -0.493 e. The molecule has 0 heterocycles. The van der Waals surface area contributed by atoms with Gasteiger partial charge in [0.25, 0.3) is 5.91 Å². The Labute approximate surface area is 179 Å². The van der Waals surface area contributed by atoms with E-state index < -0.39 is 0 Å². The number of nitrogens with one attached hydrogen (secondary N) is 1. The van der Waals surface area contributed by atoms with Crippen LogP contribution in [-0.2, 0) is 6.61 Å². The number of hydrazone groups is 1. The average molecular weight is 420 g/mol. The van der Waals surface area contributed by atoms with E-state index in [2.05, 4.69) is 16.6 Å². The number of halogens is 1. The summed E-state index contributed by atoms with van der Waals surface area (Å²) < 4.78 is 11.2. The van der Waals surface area contributed by atoms with Gasteiger partial charge in [0.05, 0.1) is 25.0 Å². The minimum absolute atomic E-state index is 0.239. The van der Waals surface area contributed by atoms with Crippen molar-refractivity contribution in [2.45, 2.75) is 6.61 Å². The van der Waals surface area contributed by atoms with Crippen molar-refractivity contribution in [2.24, 2.45) is 5.10 Å². The number of hydrogen-bond acceptors (Lipinski definition) is 5. The summed E-state index contributed by atoms with van der Waals surface area (Å²) in [5.74, 6) is 0.678. The predicted octanol–water partition coefficient (Wildman–Crippen LogP) is 4.56. The van der Waals surface area contributed by atoms with E-state index in [1.807, 2.05) is 18.2 Å². The number of nitrogens with zero attached hydrogens (tertiary/aromatic N) is 2. The molecular weight excluding hydrogens is 402 g/mol. The molecule has 0 saturated heterocycles. The maximum Gasteiger partial charge on any atom is 0.271 e. The van der Waals surface area contributed by atoms with Gasteiger partial charge in [0, 0.05) is 16.1 Å². The fraction of sp³-hybridized carbons (Fsp3) is 0.0870. The average Bonchev–Trinajstić information content (AvgIpc) is 2.78. The lowest BCUT2D eigenvalue weighted by Gasteiger charge is -2.12. The van der Waals surface area contributed by atoms with Gasteiger partial charge >= 0.3 is 0 Å². The lowest BCUT2D eigenvalue weighted by Crippen LogP contribution is -2.17. The van der Waals surface area contributed by atoms with Crippen LogP contribution in [0.2, 0.25) is 5.02 Å². The molecule has 6 nitrogen and oxygen atoms in total. The molecule has 0 unspecified atom stereocenters. The molecule has 150 valence electrons. The zero-order chi connectivity index (χ0) is 21.3. The molecule has 3 aromatic rings. The summed E-state index contributed by atoms with van der Waals surface area (Å²) >= 11 is 5.89. The first-order chi connectivity index (χ1) is 14.6. The Bertz CT molecular complexity index is 1120. The van der Waals surface area contributed by atoms with Crippen LogP contribution in [0.4, 0.5) is 0 Å². The molecule has 3 aromatic carbocycles. The second-order valence-electron chi connectivity index (χ2n) is 6.18. The van der Waals surface area contributed by atoms with E-state index in [1.54, 1.807) is 48.5 Å². The van der Waals surface area contributed by atoms with Crippen LogP contribution in [0.15, 0.2) is 71.8 Å². The zero-order valence-corrected chi connectivity index (χ0v) is 16.9. The number of carbonyl (C=O) groups is 1. The first-order valence-electron chi connectivity index (χ1n) is 8.98. The quantitative estimate of drug-likeness (QED) is 0.449. The van der Waals surface area contributed by atoms with Crippen LogP contribution < -0.4 is 14.9 Å². The highest BCUT2D eigenvalue weighted by molar-refractivity contribution is 6.30. The van der Waals surface area contributed by atoms with Crippen LogP contribution in [0, 0.1) is 11.3 Å². The molecule has 0 aromatic heterocycles. The van der Waals surface area contributed by atoms with Gasteiger partial charge in [0.1, 0.15) is 6.61 Å². The molecule has 0 saturated carbocycles. The molecule has 1 amide bonds. The Morgan fingerprint density at radius 2 is 1.97 bits per heavy atom. The zero-order valence-electron chi connectivity index (χ0n) is 16.1. The van der Waals surface area contributed by atoms with Gasteiger partial charge in [-0.3, -0.25) is 4.79 Å². The number of methoxy groups -OCH3 is 1. The molecule has 0 aliphatic heterocycles. The van der Waals surface area contributed by atoms with Crippen LogP contribution in [0.5, 0.6) is 11.5 Å². The largest absolute Gasteiger partial charge is 0.493 e. The van der Waals surface area contributed by atoms with E-state index in [1.165, 1.54) is 13.3 Å². The second-order valence-corrected chi connectivity index (χ2v) is 6.61. The lowest BCUT2D eigenvalue weighted by molar-refractivity contribution is 0.0955. The van der Waals surface area contributed by atoms with Gasteiger partial charge in [-0.05, 0) is 48.0 Å². The van der Waals surface area contributed by atoms with E-state index in [0.717, 1.165) is 5.56 Å². The highest BCUT2D eigenvalue weighted by Crippen LogP contribution is 2.28. The van der Waals surface area contributed by atoms with Crippen LogP contribution in [0.3, 0.4) is 0 Å². The smallest absolute Gasteiger partial charge is 0.271 e. The predicted molar refractivity (Wildman–Crippen MR) is 115 cm³/mol. The summed E-state index contributed by atoms with van der Waals surface area (Å²) in [4.78, 5) is 12.1. The number of carbonyl (C=O) groups excluding carboxylic acids is 1. The third kappa shape index (κ3) is 5.37. The van der Waals surface area contributed by atoms with Gasteiger partial charge in [0.15, 0.2) is 11.5 Å². The summed E-state index contributed by atoms with van der Waals surface area (Å²) in [6.07, 6.45) is 1.50. The van der Waals surface area contributed by atoms with Crippen molar-refractivity contribution in [2.75, 3.05) is 7.11 Å². The topological polar surface area (TPSA) is 83.7 Å². The Morgan fingerprint density at radius 1 is 1.13 bits per heavy atom. The number of hydrogen-bond donors (Lipinski definition) is 1. The Morgan fingerprint density at radius 3 is 2.73 bits per heavy atom. The highest BCUT2D eigenvalue weighted by Gasteiger charge is 2.08. The van der Waals surface area contributed by atoms with E-state index in [0.29, 0.717) is 33.2 Å². The summed E-state index contributed by atoms with van der Waals surface area (Å²) in [6.45, 7) is 0.239. The molecule has 1 N–H and O–H groups in total. The third-order valence-electron chi connectivity index (χ3n) is 4.18. The van der Waals surface area contributed by atoms with Gasteiger partial charge in [-0.1, -0.05) is 35.9 Å². The monoisotopic (exact) mass is 419 g/mol. The Hall–Kier alpha value is -3.82. The molecule has 30 heavy (non-hydrogen) atoms. The summed E-state index contributed by atoms with van der Waals surface area (Å²) in [5.41, 5.74) is 4.94. The van der Waals surface area contributed by atoms with Crippen molar-refractivity contribution >= 4 is 23.7 Å². The first kappa shape index (κ1) is 20.9. The van der Waals surface area contributed by atoms with Gasteiger partial charge in [0.2, 0.25) is 0 Å². The second kappa shape index (κ2) is 10.1. The number of amides is 1. The number of ether oxygens (including phenoxy) is 2. The van der Waals surface area contributed by atoms with E-state index >= 15 is 0 Å². The molecule has 0 radical (unpaired) electrons. The number of rotatable bonds is 7. The fourth-order valence-electron chi connectivity index (χ4n) is 2.65. The first-order valence-corrected chi connectivity index (χ1v) is 9.36. The van der Waals surface area contributed by atoms with Crippen molar-refractivity contribution in [1.82, 2.24) is 5.43 Å². The van der Waals surface area contributed by atoms with Crippen LogP contribution in [0.25, 0.3) is 0 Å². The molecule has 0 aliphatic carbocycles. The molecule has 3 rings (SSSR count). The number of nitriles is 1. The molecule has 7 heteroatoms. The van der Waals surface area contributed by atoms with Crippen LogP contribution in [-0.4, -0.2) is 19.2 Å². The van der Waals surface area contributed by atoms with Crippen molar-refractivity contribution in [1.29, 1.82) is 5.26 Å². The minimum atomic E-state index is -0.364. The SMILES string of the molecule is COc1cc(/C=N\NC(=O)c2cccc(Cl)c2)ccc1OCc1ccccc1C#N. The molecular formula is C23H18ClN3O3. The maximum atomic E-state index is 12.1. The van der Waals surface area contributed by atoms with Crippen molar-refractivity contribution in [3.63, 3.8) is 0 Å². The Balaban J connectivity index is 1.65. The van der Waals surface area contributed by atoms with Crippen LogP contribution in [0.1, 0.15) is 27.0 Å². The molecule has 0 atom stereocenters. The van der Waals surface area contributed by atoms with Crippen LogP contribution >= 0.6 is 11.6 Å². The summed E-state index contributed by atoms with van der Waals surface area (Å²) in [7, 11) is 1.53. The summed E-state index contributed by atoms with van der Waals surface area (Å²) in [6, 6.07) is 21.3. The highest BCUT2D eigenvalue weighted by atomic mass is 35.5. The summed E-state index contributed by atoms with van der Waals surface area (Å²) in [5, 5.41) is 13.6. The number of benzene rings is 3. The van der Waals surface area contributed by atoms with Crippen molar-refractivity contribution in [3.05, 3.63) is 94.0 Å². The maximum absolute atomic E-state index is 12.1. The third-order valence-corrected chi connectivity index (χ3v) is 4.41. The van der Waals surface area contributed by atoms with E-state index in [-0.39, 0.29) is 12.5 Å². The lowest BCUT2D eigenvalue weighted by atomic mass is 10.1. The van der Waals surface area contributed by atoms with Crippen molar-refractivity contribution in [3.8, 4) is 17.6 Å². The van der Waals surface area contributed by atoms with Gasteiger partial charge in [-0.25, -0.2) is 5.43 Å². The molecule has 0 spiro atoms. The van der Waals surface area contributed by atoms with Gasteiger partial charge in [-0.2, -0.15) is 10.4 Å². The molecule has 0 fully saturated rings. The molecule has 0 aliphatic rings. The fourth-order valence-corrected chi connectivity index (χ4v) is 2.84.